The molecule has 0 saturated carbocycles. The lowest BCUT2D eigenvalue weighted by Crippen LogP contribution is -2.40. The summed E-state index contributed by atoms with van der Waals surface area (Å²) in [5.74, 6) is -0.592. The van der Waals surface area contributed by atoms with Crippen molar-refractivity contribution in [3.05, 3.63) is 0 Å². The Morgan fingerprint density at radius 1 is 1.47 bits per heavy atom. The number of hydrogen-bond donors (Lipinski definition) is 1. The van der Waals surface area contributed by atoms with Crippen LogP contribution in [0.2, 0.25) is 0 Å². The van der Waals surface area contributed by atoms with Crippen molar-refractivity contribution in [2.24, 2.45) is 0 Å². The summed E-state index contributed by atoms with van der Waals surface area (Å²) in [4.78, 5) is 10.8. The highest BCUT2D eigenvalue weighted by atomic mass is 32.2. The number of nitrogens with one attached hydrogen (secondary N) is 1. The fourth-order valence-corrected chi connectivity index (χ4v) is 2.70. The van der Waals surface area contributed by atoms with Crippen LogP contribution in [-0.4, -0.2) is 46.5 Å². The van der Waals surface area contributed by atoms with E-state index in [1.54, 1.807) is 0 Å². The molecule has 1 aliphatic heterocycles. The lowest BCUT2D eigenvalue weighted by molar-refractivity contribution is -0.139. The van der Waals surface area contributed by atoms with Gasteiger partial charge in [-0.05, 0) is 12.8 Å². The molecular formula is C8H15NO5S. The van der Waals surface area contributed by atoms with Crippen LogP contribution in [0.3, 0.4) is 0 Å². The van der Waals surface area contributed by atoms with Crippen LogP contribution in [0.5, 0.6) is 0 Å². The Labute approximate surface area is 89.0 Å². The number of sulfonamides is 1. The predicted molar refractivity (Wildman–Crippen MR) is 52.8 cm³/mol. The topological polar surface area (TPSA) is 81.7 Å². The lowest BCUT2D eigenvalue weighted by atomic mass is 10.2. The third-order valence-corrected chi connectivity index (χ3v) is 4.15. The average molecular weight is 237 g/mol. The van der Waals surface area contributed by atoms with Crippen molar-refractivity contribution >= 4 is 16.0 Å². The van der Waals surface area contributed by atoms with Crippen molar-refractivity contribution in [2.45, 2.75) is 18.1 Å². The van der Waals surface area contributed by atoms with E-state index < -0.39 is 21.2 Å². The fraction of sp³-hybridized carbons (Fsp3) is 0.875. The van der Waals surface area contributed by atoms with Crippen LogP contribution in [0.25, 0.3) is 0 Å². The van der Waals surface area contributed by atoms with Crippen molar-refractivity contribution in [3.8, 4) is 0 Å². The Hall–Kier alpha value is -0.660. The van der Waals surface area contributed by atoms with Gasteiger partial charge in [-0.15, -0.1) is 0 Å². The van der Waals surface area contributed by atoms with Gasteiger partial charge in [-0.25, -0.2) is 13.1 Å². The van der Waals surface area contributed by atoms with Crippen LogP contribution < -0.4 is 4.72 Å². The monoisotopic (exact) mass is 237 g/mol. The Morgan fingerprint density at radius 3 is 2.60 bits per heavy atom. The smallest absolute Gasteiger partial charge is 0.320 e. The first-order valence-electron chi connectivity index (χ1n) is 4.69. The molecule has 0 amide bonds. The van der Waals surface area contributed by atoms with E-state index in [9.17, 15) is 13.2 Å². The van der Waals surface area contributed by atoms with E-state index in [1.165, 1.54) is 7.11 Å². The highest BCUT2D eigenvalue weighted by Crippen LogP contribution is 2.14. The fourth-order valence-electron chi connectivity index (χ4n) is 1.34. The van der Waals surface area contributed by atoms with Crippen molar-refractivity contribution < 1.29 is 22.7 Å². The zero-order chi connectivity index (χ0) is 11.3. The van der Waals surface area contributed by atoms with Gasteiger partial charge in [0.25, 0.3) is 0 Å². The maximum atomic E-state index is 11.6. The second-order valence-electron chi connectivity index (χ2n) is 3.25. The van der Waals surface area contributed by atoms with Crippen LogP contribution in [0.15, 0.2) is 0 Å². The van der Waals surface area contributed by atoms with Gasteiger partial charge in [0, 0.05) is 13.2 Å². The number of rotatable bonds is 4. The molecule has 0 aromatic rings. The third kappa shape index (κ3) is 3.77. The van der Waals surface area contributed by atoms with E-state index in [4.69, 9.17) is 4.74 Å². The number of carbonyl (C=O) groups excluding carboxylic acids is 1. The zero-order valence-corrected chi connectivity index (χ0v) is 9.38. The summed E-state index contributed by atoms with van der Waals surface area (Å²) >= 11 is 0. The maximum absolute atomic E-state index is 11.6. The van der Waals surface area contributed by atoms with E-state index in [1.807, 2.05) is 0 Å². The number of carbonyl (C=O) groups is 1. The molecule has 1 rings (SSSR count). The Morgan fingerprint density at radius 2 is 2.07 bits per heavy atom. The minimum Gasteiger partial charge on any atom is -0.468 e. The van der Waals surface area contributed by atoms with E-state index >= 15 is 0 Å². The molecule has 0 spiro atoms. The normalized spacial score (nSPS) is 18.7. The maximum Gasteiger partial charge on any atom is 0.320 e. The Balaban J connectivity index is 2.46. The molecule has 7 heteroatoms. The van der Waals surface area contributed by atoms with Crippen LogP contribution in [0.1, 0.15) is 12.8 Å². The first-order valence-corrected chi connectivity index (χ1v) is 6.24. The first-order chi connectivity index (χ1) is 7.06. The number of methoxy groups -OCH3 is 1. The van der Waals surface area contributed by atoms with Crippen molar-refractivity contribution in [3.63, 3.8) is 0 Å². The second-order valence-corrected chi connectivity index (χ2v) is 5.30. The molecule has 0 aromatic carbocycles. The highest BCUT2D eigenvalue weighted by Gasteiger charge is 2.27. The van der Waals surface area contributed by atoms with Gasteiger partial charge in [0.05, 0.1) is 12.4 Å². The largest absolute Gasteiger partial charge is 0.468 e. The van der Waals surface area contributed by atoms with Gasteiger partial charge in [0.1, 0.15) is 6.54 Å². The number of ether oxygens (including phenoxy) is 2. The molecule has 1 N–H and O–H groups in total. The molecule has 1 heterocycles. The van der Waals surface area contributed by atoms with E-state index in [0.717, 1.165) is 0 Å². The molecule has 0 radical (unpaired) electrons. The van der Waals surface area contributed by atoms with E-state index in [0.29, 0.717) is 26.1 Å². The molecule has 0 aliphatic carbocycles. The highest BCUT2D eigenvalue weighted by molar-refractivity contribution is 7.90. The summed E-state index contributed by atoms with van der Waals surface area (Å²) in [5, 5.41) is -0.462. The van der Waals surface area contributed by atoms with Gasteiger partial charge >= 0.3 is 5.97 Å². The Kier molecular flexibility index (Phi) is 4.49. The van der Waals surface area contributed by atoms with Gasteiger partial charge in [-0.3, -0.25) is 4.79 Å². The summed E-state index contributed by atoms with van der Waals surface area (Å²) < 4.78 is 34.9. The van der Waals surface area contributed by atoms with E-state index in [-0.39, 0.29) is 6.54 Å². The second kappa shape index (κ2) is 5.43. The summed E-state index contributed by atoms with van der Waals surface area (Å²) in [6, 6.07) is 0. The minimum absolute atomic E-state index is 0.309. The minimum atomic E-state index is -3.42. The van der Waals surface area contributed by atoms with Crippen LogP contribution >= 0.6 is 0 Å². The number of esters is 1. The molecule has 15 heavy (non-hydrogen) atoms. The van der Waals surface area contributed by atoms with Crippen molar-refractivity contribution in [1.82, 2.24) is 4.72 Å². The quantitative estimate of drug-likeness (QED) is 0.651. The zero-order valence-electron chi connectivity index (χ0n) is 8.56. The summed E-state index contributed by atoms with van der Waals surface area (Å²) in [7, 11) is -2.21. The summed E-state index contributed by atoms with van der Waals surface area (Å²) in [6.45, 7) is 0.587. The first kappa shape index (κ1) is 12.4. The molecule has 0 unspecified atom stereocenters. The SMILES string of the molecule is COC(=O)CNS(=O)(=O)C1CCOCC1. The van der Waals surface area contributed by atoms with E-state index in [2.05, 4.69) is 9.46 Å². The van der Waals surface area contributed by atoms with Gasteiger partial charge in [0.2, 0.25) is 10.0 Å². The average Bonchev–Trinajstić information content (AvgIpc) is 2.27. The predicted octanol–water partition coefficient (Wildman–Crippen LogP) is -0.742. The molecule has 0 bridgehead atoms. The summed E-state index contributed by atoms with van der Waals surface area (Å²) in [6.07, 6.45) is 0.938. The molecule has 0 atom stereocenters. The molecule has 1 fully saturated rings. The standard InChI is InChI=1S/C8H15NO5S/c1-13-8(10)6-9-15(11,12)7-2-4-14-5-3-7/h7,9H,2-6H2,1H3. The Bertz CT molecular complexity index is 307. The van der Waals surface area contributed by atoms with Crippen molar-refractivity contribution in [2.75, 3.05) is 26.9 Å². The molecular weight excluding hydrogens is 222 g/mol. The van der Waals surface area contributed by atoms with Gasteiger partial charge in [-0.2, -0.15) is 0 Å². The molecule has 0 aromatic heterocycles. The van der Waals surface area contributed by atoms with Gasteiger partial charge in [0.15, 0.2) is 0 Å². The molecule has 1 aliphatic rings. The van der Waals surface area contributed by atoms with Crippen molar-refractivity contribution in [1.29, 1.82) is 0 Å². The molecule has 1 saturated heterocycles. The van der Waals surface area contributed by atoms with Gasteiger partial charge in [-0.1, -0.05) is 0 Å². The lowest BCUT2D eigenvalue weighted by Gasteiger charge is -2.21. The summed E-state index contributed by atoms with van der Waals surface area (Å²) in [5.41, 5.74) is 0. The van der Waals surface area contributed by atoms with Crippen LogP contribution in [0.4, 0.5) is 0 Å². The van der Waals surface area contributed by atoms with Crippen LogP contribution in [0, 0.1) is 0 Å². The van der Waals surface area contributed by atoms with Crippen LogP contribution in [-0.2, 0) is 24.3 Å². The molecule has 88 valence electrons. The van der Waals surface area contributed by atoms with Gasteiger partial charge < -0.3 is 9.47 Å². The number of hydrogen-bond acceptors (Lipinski definition) is 5. The molecule has 6 nitrogen and oxygen atoms in total. The third-order valence-electron chi connectivity index (χ3n) is 2.25.